The van der Waals surface area contributed by atoms with E-state index >= 15 is 0 Å². The summed E-state index contributed by atoms with van der Waals surface area (Å²) in [5.74, 6) is -0.815. The standard InChI is InChI=1S/C13H20N2O5S/c1-3-9-15(12(4-2)13(17)14-18)21(19,20)11-7-5-10(16)6-8-11/h5-8,12,16,18H,3-4,9H2,1-2H3,(H,14,17)/t12-/m1/s1. The number of carbonyl (C=O) groups excluding carboxylic acids is 1. The lowest BCUT2D eigenvalue weighted by atomic mass is 10.2. The molecule has 0 heterocycles. The summed E-state index contributed by atoms with van der Waals surface area (Å²) < 4.78 is 26.3. The Morgan fingerprint density at radius 3 is 2.29 bits per heavy atom. The number of hydroxylamine groups is 1. The summed E-state index contributed by atoms with van der Waals surface area (Å²) in [6, 6.07) is 4.09. The molecule has 21 heavy (non-hydrogen) atoms. The maximum Gasteiger partial charge on any atom is 0.261 e. The van der Waals surface area contributed by atoms with Crippen LogP contribution < -0.4 is 5.48 Å². The maximum absolute atomic E-state index is 12.6. The summed E-state index contributed by atoms with van der Waals surface area (Å²) in [5, 5.41) is 18.0. The molecule has 118 valence electrons. The molecule has 7 nitrogen and oxygen atoms in total. The number of benzene rings is 1. The Bertz CT molecular complexity index is 571. The highest BCUT2D eigenvalue weighted by Gasteiger charge is 2.34. The SMILES string of the molecule is CCCN([C@H](CC)C(=O)NO)S(=O)(=O)c1ccc(O)cc1. The molecule has 3 N–H and O–H groups in total. The van der Waals surface area contributed by atoms with Crippen molar-refractivity contribution in [2.45, 2.75) is 37.6 Å². The lowest BCUT2D eigenvalue weighted by Crippen LogP contribution is -2.48. The van der Waals surface area contributed by atoms with Crippen LogP contribution in [0.2, 0.25) is 0 Å². The van der Waals surface area contributed by atoms with Gasteiger partial charge in [-0.15, -0.1) is 0 Å². The molecule has 0 saturated heterocycles. The topological polar surface area (TPSA) is 107 Å². The Hall–Kier alpha value is -1.64. The Balaban J connectivity index is 3.24. The van der Waals surface area contributed by atoms with Gasteiger partial charge in [-0.3, -0.25) is 10.0 Å². The average Bonchev–Trinajstić information content (AvgIpc) is 2.47. The lowest BCUT2D eigenvalue weighted by Gasteiger charge is -2.28. The Labute approximate surface area is 124 Å². The van der Waals surface area contributed by atoms with Crippen LogP contribution in [0.1, 0.15) is 26.7 Å². The number of hydrogen-bond donors (Lipinski definition) is 3. The van der Waals surface area contributed by atoms with Gasteiger partial charge in [-0.1, -0.05) is 13.8 Å². The Morgan fingerprint density at radius 2 is 1.86 bits per heavy atom. The number of nitrogens with one attached hydrogen (secondary N) is 1. The predicted octanol–water partition coefficient (Wildman–Crippen LogP) is 1.08. The molecule has 1 atom stereocenters. The first kappa shape index (κ1) is 17.4. The fourth-order valence-electron chi connectivity index (χ4n) is 2.01. The molecular formula is C13H20N2O5S. The average molecular weight is 316 g/mol. The first-order chi connectivity index (χ1) is 9.88. The highest BCUT2D eigenvalue weighted by molar-refractivity contribution is 7.89. The van der Waals surface area contributed by atoms with Gasteiger partial charge in [0.15, 0.2) is 0 Å². The van der Waals surface area contributed by atoms with Crippen molar-refractivity contribution in [3.63, 3.8) is 0 Å². The third-order valence-corrected chi connectivity index (χ3v) is 4.96. The molecule has 1 aromatic rings. The minimum absolute atomic E-state index is 0.0158. The van der Waals surface area contributed by atoms with E-state index in [0.29, 0.717) is 6.42 Å². The number of amides is 1. The van der Waals surface area contributed by atoms with Crippen molar-refractivity contribution in [2.24, 2.45) is 0 Å². The zero-order valence-corrected chi connectivity index (χ0v) is 12.8. The largest absolute Gasteiger partial charge is 0.508 e. The third kappa shape index (κ3) is 3.93. The molecule has 0 radical (unpaired) electrons. The van der Waals surface area contributed by atoms with Crippen LogP contribution in [0, 0.1) is 0 Å². The molecule has 8 heteroatoms. The maximum atomic E-state index is 12.6. The summed E-state index contributed by atoms with van der Waals surface area (Å²) >= 11 is 0. The van der Waals surface area contributed by atoms with Crippen molar-refractivity contribution >= 4 is 15.9 Å². The first-order valence-electron chi connectivity index (χ1n) is 6.63. The van der Waals surface area contributed by atoms with Gasteiger partial charge in [-0.05, 0) is 37.1 Å². The molecule has 0 aromatic heterocycles. The summed E-state index contributed by atoms with van der Waals surface area (Å²) in [6.45, 7) is 3.60. The highest BCUT2D eigenvalue weighted by Crippen LogP contribution is 2.22. The molecule has 0 fully saturated rings. The van der Waals surface area contributed by atoms with E-state index in [1.807, 2.05) is 0 Å². The van der Waals surface area contributed by atoms with Gasteiger partial charge in [-0.2, -0.15) is 4.31 Å². The second-order valence-corrected chi connectivity index (χ2v) is 6.40. The van der Waals surface area contributed by atoms with Gasteiger partial charge in [0.05, 0.1) is 4.90 Å². The van der Waals surface area contributed by atoms with Crippen molar-refractivity contribution in [1.82, 2.24) is 9.79 Å². The molecule has 0 unspecified atom stereocenters. The van der Waals surface area contributed by atoms with Crippen LogP contribution in [0.25, 0.3) is 0 Å². The van der Waals surface area contributed by atoms with Crippen molar-refractivity contribution in [3.8, 4) is 5.75 Å². The van der Waals surface area contributed by atoms with E-state index in [2.05, 4.69) is 0 Å². The number of phenolic OH excluding ortho intramolecular Hbond substituents is 1. The number of phenols is 1. The highest BCUT2D eigenvalue weighted by atomic mass is 32.2. The van der Waals surface area contributed by atoms with Crippen LogP contribution >= 0.6 is 0 Å². The number of carbonyl (C=O) groups is 1. The summed E-state index contributed by atoms with van der Waals surface area (Å²) in [4.78, 5) is 11.7. The minimum atomic E-state index is -3.90. The monoisotopic (exact) mass is 316 g/mol. The van der Waals surface area contributed by atoms with Crippen LogP contribution in [-0.2, 0) is 14.8 Å². The Kier molecular flexibility index (Phi) is 6.13. The van der Waals surface area contributed by atoms with Crippen molar-refractivity contribution in [3.05, 3.63) is 24.3 Å². The van der Waals surface area contributed by atoms with Gasteiger partial charge in [0.1, 0.15) is 11.8 Å². The number of nitrogens with zero attached hydrogens (tertiary/aromatic N) is 1. The van der Waals surface area contributed by atoms with Crippen molar-refractivity contribution in [1.29, 1.82) is 0 Å². The second kappa shape index (κ2) is 7.39. The fraction of sp³-hybridized carbons (Fsp3) is 0.462. The van der Waals surface area contributed by atoms with E-state index in [0.717, 1.165) is 4.31 Å². The van der Waals surface area contributed by atoms with Crippen LogP contribution in [-0.4, -0.2) is 41.5 Å². The number of sulfonamides is 1. The fourth-order valence-corrected chi connectivity index (χ4v) is 3.77. The quantitative estimate of drug-likeness (QED) is 0.515. The number of hydrogen-bond acceptors (Lipinski definition) is 5. The van der Waals surface area contributed by atoms with E-state index in [1.54, 1.807) is 13.8 Å². The van der Waals surface area contributed by atoms with Crippen molar-refractivity contribution < 1.29 is 23.5 Å². The molecular weight excluding hydrogens is 296 g/mol. The summed E-state index contributed by atoms with van der Waals surface area (Å²) in [5.41, 5.74) is 1.50. The van der Waals surface area contributed by atoms with Crippen LogP contribution in [0.3, 0.4) is 0 Å². The van der Waals surface area contributed by atoms with Gasteiger partial charge >= 0.3 is 0 Å². The predicted molar refractivity (Wildman–Crippen MR) is 76.3 cm³/mol. The van der Waals surface area contributed by atoms with Gasteiger partial charge in [0, 0.05) is 6.54 Å². The summed E-state index contributed by atoms with van der Waals surface area (Å²) in [7, 11) is -3.90. The molecule has 0 aliphatic carbocycles. The first-order valence-corrected chi connectivity index (χ1v) is 8.07. The van der Waals surface area contributed by atoms with Gasteiger partial charge < -0.3 is 5.11 Å². The molecule has 0 spiro atoms. The number of rotatable bonds is 7. The van der Waals surface area contributed by atoms with Crippen LogP contribution in [0.4, 0.5) is 0 Å². The van der Waals surface area contributed by atoms with Gasteiger partial charge in [0.2, 0.25) is 10.0 Å². The zero-order valence-electron chi connectivity index (χ0n) is 12.0. The molecule has 1 aromatic carbocycles. The Morgan fingerprint density at radius 1 is 1.29 bits per heavy atom. The lowest BCUT2D eigenvalue weighted by molar-refractivity contribution is -0.133. The van der Waals surface area contributed by atoms with E-state index in [9.17, 15) is 18.3 Å². The van der Waals surface area contributed by atoms with Crippen LogP contribution in [0.5, 0.6) is 5.75 Å². The molecule has 0 aliphatic heterocycles. The minimum Gasteiger partial charge on any atom is -0.508 e. The molecule has 1 rings (SSSR count). The van der Waals surface area contributed by atoms with E-state index in [4.69, 9.17) is 5.21 Å². The van der Waals surface area contributed by atoms with Crippen molar-refractivity contribution in [2.75, 3.05) is 6.54 Å². The normalized spacial score (nSPS) is 13.1. The molecule has 0 saturated carbocycles. The van der Waals surface area contributed by atoms with E-state index < -0.39 is 22.0 Å². The van der Waals surface area contributed by atoms with Crippen LogP contribution in [0.15, 0.2) is 29.2 Å². The van der Waals surface area contributed by atoms with E-state index in [1.165, 1.54) is 29.7 Å². The summed E-state index contributed by atoms with van der Waals surface area (Å²) in [6.07, 6.45) is 0.746. The van der Waals surface area contributed by atoms with Gasteiger partial charge in [0.25, 0.3) is 5.91 Å². The number of aromatic hydroxyl groups is 1. The smallest absolute Gasteiger partial charge is 0.261 e. The zero-order chi connectivity index (χ0) is 16.0. The second-order valence-electron chi connectivity index (χ2n) is 4.51. The van der Waals surface area contributed by atoms with Gasteiger partial charge in [-0.25, -0.2) is 13.9 Å². The van der Waals surface area contributed by atoms with E-state index in [-0.39, 0.29) is 23.6 Å². The molecule has 0 bridgehead atoms. The third-order valence-electron chi connectivity index (χ3n) is 3.03. The molecule has 0 aliphatic rings. The molecule has 1 amide bonds.